The third kappa shape index (κ3) is 2.83. The molecular formula is C8H8BrFS. The zero-order chi connectivity index (χ0) is 8.27. The maximum Gasteiger partial charge on any atom is 0.136 e. The Kier molecular flexibility index (Phi) is 3.40. The number of rotatable bonds is 2. The van der Waals surface area contributed by atoms with Gasteiger partial charge in [-0.3, -0.25) is 0 Å². The first-order chi connectivity index (χ1) is 5.20. The van der Waals surface area contributed by atoms with Crippen molar-refractivity contribution >= 4 is 27.7 Å². The van der Waals surface area contributed by atoms with Crippen LogP contribution in [-0.2, 0) is 0 Å². The van der Waals surface area contributed by atoms with Gasteiger partial charge in [0.2, 0.25) is 0 Å². The summed E-state index contributed by atoms with van der Waals surface area (Å²) in [4.78, 5) is 0.692. The Morgan fingerprint density at radius 3 is 2.64 bits per heavy atom. The predicted octanol–water partition coefficient (Wildman–Crippen LogP) is 3.66. The van der Waals surface area contributed by atoms with Gasteiger partial charge in [0.05, 0.1) is 4.16 Å². The second-order valence-corrected chi connectivity index (χ2v) is 5.45. The molecule has 0 heterocycles. The minimum absolute atomic E-state index is 0.149. The molecule has 0 fully saturated rings. The third-order valence-electron chi connectivity index (χ3n) is 1.13. The molecule has 1 rings (SSSR count). The highest BCUT2D eigenvalue weighted by molar-refractivity contribution is 9.11. The monoisotopic (exact) mass is 234 g/mol. The van der Waals surface area contributed by atoms with Crippen LogP contribution in [0.25, 0.3) is 0 Å². The van der Waals surface area contributed by atoms with Crippen LogP contribution >= 0.6 is 27.7 Å². The van der Waals surface area contributed by atoms with Crippen molar-refractivity contribution in [2.45, 2.75) is 16.0 Å². The van der Waals surface area contributed by atoms with E-state index in [2.05, 4.69) is 15.9 Å². The van der Waals surface area contributed by atoms with E-state index in [9.17, 15) is 4.39 Å². The van der Waals surface area contributed by atoms with Crippen molar-refractivity contribution < 1.29 is 4.39 Å². The van der Waals surface area contributed by atoms with E-state index in [1.807, 2.05) is 13.0 Å². The summed E-state index contributed by atoms with van der Waals surface area (Å²) in [6, 6.07) is 6.77. The van der Waals surface area contributed by atoms with Crippen LogP contribution in [0.4, 0.5) is 4.39 Å². The lowest BCUT2D eigenvalue weighted by Crippen LogP contribution is -1.84. The number of halogens is 2. The fraction of sp³-hybridized carbons (Fsp3) is 0.250. The van der Waals surface area contributed by atoms with Gasteiger partial charge in [-0.05, 0) is 19.1 Å². The van der Waals surface area contributed by atoms with Gasteiger partial charge in [0.1, 0.15) is 5.82 Å². The molecule has 60 valence electrons. The number of hydrogen-bond donors (Lipinski definition) is 0. The van der Waals surface area contributed by atoms with Crippen LogP contribution in [0.5, 0.6) is 0 Å². The average Bonchev–Trinajstić information content (AvgIpc) is 1.93. The van der Waals surface area contributed by atoms with Crippen molar-refractivity contribution in [1.82, 2.24) is 0 Å². The van der Waals surface area contributed by atoms with Crippen LogP contribution in [0.15, 0.2) is 29.2 Å². The molecule has 0 N–H and O–H groups in total. The molecule has 1 unspecified atom stereocenters. The average molecular weight is 235 g/mol. The van der Waals surface area contributed by atoms with E-state index in [4.69, 9.17) is 0 Å². The molecule has 0 amide bonds. The molecule has 0 aliphatic rings. The lowest BCUT2D eigenvalue weighted by molar-refractivity contribution is 0.602. The fourth-order valence-corrected chi connectivity index (χ4v) is 2.01. The summed E-state index contributed by atoms with van der Waals surface area (Å²) < 4.78 is 13.2. The Balaban J connectivity index is 2.78. The highest BCUT2D eigenvalue weighted by Gasteiger charge is 2.03. The topological polar surface area (TPSA) is 0 Å². The summed E-state index contributed by atoms with van der Waals surface area (Å²) in [7, 11) is 0. The highest BCUT2D eigenvalue weighted by Crippen LogP contribution is 2.28. The lowest BCUT2D eigenvalue weighted by atomic mass is 10.3. The SMILES string of the molecule is CC(Br)Sc1ccccc1F. The lowest BCUT2D eigenvalue weighted by Gasteiger charge is -2.03. The molecule has 1 aromatic rings. The van der Waals surface area contributed by atoms with Crippen molar-refractivity contribution in [2.75, 3.05) is 0 Å². The quantitative estimate of drug-likeness (QED) is 0.556. The molecular weight excluding hydrogens is 227 g/mol. The Morgan fingerprint density at radius 1 is 1.45 bits per heavy atom. The van der Waals surface area contributed by atoms with Crippen LogP contribution in [0.1, 0.15) is 6.92 Å². The van der Waals surface area contributed by atoms with Crippen molar-refractivity contribution in [3.8, 4) is 0 Å². The van der Waals surface area contributed by atoms with Gasteiger partial charge in [0.25, 0.3) is 0 Å². The van der Waals surface area contributed by atoms with Crippen molar-refractivity contribution in [1.29, 1.82) is 0 Å². The minimum Gasteiger partial charge on any atom is -0.206 e. The summed E-state index contributed by atoms with van der Waals surface area (Å²) in [6.07, 6.45) is 0. The van der Waals surface area contributed by atoms with Gasteiger partial charge in [-0.1, -0.05) is 28.1 Å². The van der Waals surface area contributed by atoms with Crippen LogP contribution < -0.4 is 0 Å². The standard InChI is InChI=1S/C8H8BrFS/c1-6(9)11-8-5-3-2-4-7(8)10/h2-6H,1H3. The highest BCUT2D eigenvalue weighted by atomic mass is 79.9. The van der Waals surface area contributed by atoms with Crippen LogP contribution in [0.2, 0.25) is 0 Å². The number of benzene rings is 1. The molecule has 0 aliphatic carbocycles. The van der Waals surface area contributed by atoms with E-state index in [1.54, 1.807) is 12.1 Å². The number of hydrogen-bond acceptors (Lipinski definition) is 1. The molecule has 0 radical (unpaired) electrons. The number of alkyl halides is 1. The van der Waals surface area contributed by atoms with E-state index in [1.165, 1.54) is 17.8 Å². The minimum atomic E-state index is -0.149. The Labute approximate surface area is 78.3 Å². The van der Waals surface area contributed by atoms with E-state index in [0.29, 0.717) is 4.90 Å². The first-order valence-corrected chi connectivity index (χ1v) is 5.05. The maximum atomic E-state index is 12.9. The van der Waals surface area contributed by atoms with Crippen LogP contribution in [0, 0.1) is 5.82 Å². The summed E-state index contributed by atoms with van der Waals surface area (Å²) in [6.45, 7) is 1.97. The zero-order valence-corrected chi connectivity index (χ0v) is 8.45. The second kappa shape index (κ2) is 4.12. The largest absolute Gasteiger partial charge is 0.206 e. The summed E-state index contributed by atoms with van der Waals surface area (Å²) in [5.74, 6) is -0.149. The molecule has 11 heavy (non-hydrogen) atoms. The smallest absolute Gasteiger partial charge is 0.136 e. The summed E-state index contributed by atoms with van der Waals surface area (Å²) in [5, 5.41) is 0. The zero-order valence-electron chi connectivity index (χ0n) is 6.05. The second-order valence-electron chi connectivity index (χ2n) is 2.09. The third-order valence-corrected chi connectivity index (χ3v) is 2.60. The molecule has 1 atom stereocenters. The van der Waals surface area contributed by atoms with Gasteiger partial charge >= 0.3 is 0 Å². The summed E-state index contributed by atoms with van der Waals surface area (Å²) >= 11 is 4.81. The van der Waals surface area contributed by atoms with Gasteiger partial charge in [0, 0.05) is 4.90 Å². The Bertz CT molecular complexity index is 237. The molecule has 1 aromatic carbocycles. The van der Waals surface area contributed by atoms with Crippen LogP contribution in [0.3, 0.4) is 0 Å². The molecule has 0 saturated carbocycles. The van der Waals surface area contributed by atoms with Crippen LogP contribution in [-0.4, -0.2) is 4.16 Å². The summed E-state index contributed by atoms with van der Waals surface area (Å²) in [5.41, 5.74) is 0. The number of thioether (sulfide) groups is 1. The van der Waals surface area contributed by atoms with Gasteiger partial charge in [-0.2, -0.15) is 0 Å². The fourth-order valence-electron chi connectivity index (χ4n) is 0.715. The molecule has 0 bridgehead atoms. The van der Waals surface area contributed by atoms with Crippen molar-refractivity contribution in [2.24, 2.45) is 0 Å². The normalized spacial score (nSPS) is 13.0. The van der Waals surface area contributed by atoms with E-state index in [0.717, 1.165) is 0 Å². The van der Waals surface area contributed by atoms with E-state index < -0.39 is 0 Å². The van der Waals surface area contributed by atoms with E-state index >= 15 is 0 Å². The maximum absolute atomic E-state index is 12.9. The predicted molar refractivity (Wildman–Crippen MR) is 50.6 cm³/mol. The van der Waals surface area contributed by atoms with Crippen molar-refractivity contribution in [3.05, 3.63) is 30.1 Å². The van der Waals surface area contributed by atoms with Gasteiger partial charge in [-0.15, -0.1) is 11.8 Å². The first-order valence-electron chi connectivity index (χ1n) is 3.25. The Hall–Kier alpha value is -0.0200. The van der Waals surface area contributed by atoms with Gasteiger partial charge in [0.15, 0.2) is 0 Å². The molecule has 0 nitrogen and oxygen atoms in total. The van der Waals surface area contributed by atoms with Crippen molar-refractivity contribution in [3.63, 3.8) is 0 Å². The Morgan fingerprint density at radius 2 is 2.09 bits per heavy atom. The molecule has 0 spiro atoms. The molecule has 3 heteroatoms. The van der Waals surface area contributed by atoms with Gasteiger partial charge < -0.3 is 0 Å². The van der Waals surface area contributed by atoms with Gasteiger partial charge in [-0.25, -0.2) is 4.39 Å². The first kappa shape index (κ1) is 9.07. The van der Waals surface area contributed by atoms with E-state index in [-0.39, 0.29) is 9.98 Å². The molecule has 0 saturated heterocycles. The molecule has 0 aliphatic heterocycles. The molecule has 0 aromatic heterocycles.